The zero-order valence-corrected chi connectivity index (χ0v) is 9.77. The summed E-state index contributed by atoms with van der Waals surface area (Å²) in [6.45, 7) is 0.757. The number of nitrogens with two attached hydrogens (primary N) is 1. The summed E-state index contributed by atoms with van der Waals surface area (Å²) in [5.41, 5.74) is 2.75. The summed E-state index contributed by atoms with van der Waals surface area (Å²) >= 11 is 7.65. The van der Waals surface area contributed by atoms with Crippen molar-refractivity contribution in [2.75, 3.05) is 6.61 Å². The van der Waals surface area contributed by atoms with Crippen LogP contribution in [0.1, 0.15) is 23.8 Å². The minimum atomic E-state index is -0.113. The van der Waals surface area contributed by atoms with Gasteiger partial charge in [0.25, 0.3) is 0 Å². The number of hydrogen-bond acceptors (Lipinski definition) is 4. The lowest BCUT2D eigenvalue weighted by molar-refractivity contribution is 0.168. The van der Waals surface area contributed by atoms with Gasteiger partial charge in [0, 0.05) is 4.88 Å². The van der Waals surface area contributed by atoms with Crippen molar-refractivity contribution in [1.29, 1.82) is 0 Å². The maximum atomic E-state index is 6.06. The van der Waals surface area contributed by atoms with Gasteiger partial charge in [-0.15, -0.1) is 11.3 Å². The Bertz CT molecular complexity index is 364. The molecule has 1 aromatic heterocycles. The van der Waals surface area contributed by atoms with Crippen LogP contribution in [0, 0.1) is 0 Å². The van der Waals surface area contributed by atoms with Gasteiger partial charge in [0.15, 0.2) is 0 Å². The van der Waals surface area contributed by atoms with E-state index in [0.29, 0.717) is 0 Å². The lowest BCUT2D eigenvalue weighted by atomic mass is 10.1. The van der Waals surface area contributed by atoms with Gasteiger partial charge >= 0.3 is 0 Å². The molecule has 0 bridgehead atoms. The lowest BCUT2D eigenvalue weighted by Crippen LogP contribution is -2.30. The first-order valence-electron chi connectivity index (χ1n) is 4.85. The van der Waals surface area contributed by atoms with E-state index >= 15 is 0 Å². The van der Waals surface area contributed by atoms with Crippen LogP contribution in [0.3, 0.4) is 0 Å². The highest BCUT2D eigenvalue weighted by molar-refractivity contribution is 7.10. The standard InChI is InChI=1S/C10H13ClN2OS/c11-7-4-6-15-10(7)9(13-12)8-3-1-2-5-14-8/h3-4,6,9,13H,1-2,5,12H2. The number of rotatable bonds is 3. The Morgan fingerprint density at radius 1 is 1.60 bits per heavy atom. The number of thiophene rings is 1. The molecule has 1 aromatic rings. The average molecular weight is 245 g/mol. The molecule has 15 heavy (non-hydrogen) atoms. The average Bonchev–Trinajstić information content (AvgIpc) is 2.68. The largest absolute Gasteiger partial charge is 0.496 e. The molecule has 0 saturated carbocycles. The summed E-state index contributed by atoms with van der Waals surface area (Å²) in [5.74, 6) is 6.42. The molecule has 1 aliphatic heterocycles. The molecule has 0 fully saturated rings. The van der Waals surface area contributed by atoms with Crippen LogP contribution in [0.4, 0.5) is 0 Å². The van der Waals surface area contributed by atoms with Crippen molar-refractivity contribution in [3.63, 3.8) is 0 Å². The molecular weight excluding hydrogens is 232 g/mol. The van der Waals surface area contributed by atoms with Crippen LogP contribution in [0.25, 0.3) is 0 Å². The predicted octanol–water partition coefficient (Wildman–Crippen LogP) is 2.60. The summed E-state index contributed by atoms with van der Waals surface area (Å²) in [6.07, 6.45) is 4.18. The molecule has 0 spiro atoms. The number of ether oxygens (including phenoxy) is 1. The molecule has 3 nitrogen and oxygen atoms in total. The Balaban J connectivity index is 2.24. The van der Waals surface area contributed by atoms with E-state index in [1.165, 1.54) is 0 Å². The molecule has 5 heteroatoms. The monoisotopic (exact) mass is 244 g/mol. The van der Waals surface area contributed by atoms with Gasteiger partial charge in [-0.2, -0.15) is 0 Å². The fraction of sp³-hybridized carbons (Fsp3) is 0.400. The summed E-state index contributed by atoms with van der Waals surface area (Å²) in [7, 11) is 0. The van der Waals surface area contributed by atoms with Crippen LogP contribution in [0.2, 0.25) is 5.02 Å². The molecule has 1 aliphatic rings. The second kappa shape index (κ2) is 4.99. The highest BCUT2D eigenvalue weighted by Gasteiger charge is 2.21. The van der Waals surface area contributed by atoms with Crippen LogP contribution in [-0.4, -0.2) is 6.61 Å². The van der Waals surface area contributed by atoms with E-state index in [1.54, 1.807) is 11.3 Å². The molecule has 82 valence electrons. The van der Waals surface area contributed by atoms with E-state index in [1.807, 2.05) is 11.4 Å². The Morgan fingerprint density at radius 3 is 3.00 bits per heavy atom. The summed E-state index contributed by atoms with van der Waals surface area (Å²) in [5, 5.41) is 2.68. The van der Waals surface area contributed by atoms with Crippen molar-refractivity contribution in [2.24, 2.45) is 5.84 Å². The minimum absolute atomic E-state index is 0.113. The maximum absolute atomic E-state index is 6.06. The van der Waals surface area contributed by atoms with Gasteiger partial charge < -0.3 is 4.74 Å². The Kier molecular flexibility index (Phi) is 3.64. The number of hydrazine groups is 1. The quantitative estimate of drug-likeness (QED) is 0.635. The molecule has 0 aromatic carbocycles. The fourth-order valence-electron chi connectivity index (χ4n) is 1.58. The van der Waals surface area contributed by atoms with Gasteiger partial charge in [0.05, 0.1) is 11.6 Å². The van der Waals surface area contributed by atoms with Crippen molar-refractivity contribution >= 4 is 22.9 Å². The zero-order valence-electron chi connectivity index (χ0n) is 8.20. The van der Waals surface area contributed by atoms with Gasteiger partial charge in [0.1, 0.15) is 11.8 Å². The van der Waals surface area contributed by atoms with Gasteiger partial charge in [-0.05, 0) is 30.4 Å². The number of halogens is 1. The topological polar surface area (TPSA) is 47.3 Å². The smallest absolute Gasteiger partial charge is 0.116 e. The van der Waals surface area contributed by atoms with Crippen LogP contribution >= 0.6 is 22.9 Å². The van der Waals surface area contributed by atoms with Gasteiger partial charge in [-0.3, -0.25) is 5.84 Å². The van der Waals surface area contributed by atoms with Crippen molar-refractivity contribution in [2.45, 2.75) is 18.9 Å². The van der Waals surface area contributed by atoms with E-state index in [-0.39, 0.29) is 6.04 Å². The third-order valence-corrected chi connectivity index (χ3v) is 3.74. The van der Waals surface area contributed by atoms with E-state index in [4.69, 9.17) is 22.2 Å². The zero-order chi connectivity index (χ0) is 10.7. The van der Waals surface area contributed by atoms with E-state index < -0.39 is 0 Å². The van der Waals surface area contributed by atoms with Gasteiger partial charge in [-0.1, -0.05) is 11.6 Å². The normalized spacial score (nSPS) is 18.1. The van der Waals surface area contributed by atoms with Crippen molar-refractivity contribution in [3.05, 3.63) is 33.2 Å². The first-order valence-corrected chi connectivity index (χ1v) is 6.10. The molecule has 2 rings (SSSR count). The minimum Gasteiger partial charge on any atom is -0.496 e. The highest BCUT2D eigenvalue weighted by atomic mass is 35.5. The molecule has 3 N–H and O–H groups in total. The predicted molar refractivity (Wildman–Crippen MR) is 62.7 cm³/mol. The Hall–Kier alpha value is -0.550. The summed E-state index contributed by atoms with van der Waals surface area (Å²) < 4.78 is 5.58. The van der Waals surface area contributed by atoms with Crippen LogP contribution in [0.15, 0.2) is 23.3 Å². The SMILES string of the molecule is NNC(C1=CCCCO1)c1sccc1Cl. The molecule has 0 radical (unpaired) electrons. The molecular formula is C10H13ClN2OS. The maximum Gasteiger partial charge on any atom is 0.116 e. The lowest BCUT2D eigenvalue weighted by Gasteiger charge is -2.22. The number of hydrogen-bond donors (Lipinski definition) is 2. The second-order valence-electron chi connectivity index (χ2n) is 3.33. The highest BCUT2D eigenvalue weighted by Crippen LogP contribution is 2.34. The van der Waals surface area contributed by atoms with Crippen LogP contribution in [-0.2, 0) is 4.74 Å². The van der Waals surface area contributed by atoms with Crippen molar-refractivity contribution < 1.29 is 4.74 Å². The number of nitrogens with one attached hydrogen (secondary N) is 1. The fourth-order valence-corrected chi connectivity index (χ4v) is 2.81. The Morgan fingerprint density at radius 2 is 2.47 bits per heavy atom. The van der Waals surface area contributed by atoms with E-state index in [2.05, 4.69) is 11.5 Å². The second-order valence-corrected chi connectivity index (χ2v) is 4.68. The molecule has 0 amide bonds. The van der Waals surface area contributed by atoms with E-state index in [0.717, 1.165) is 35.1 Å². The summed E-state index contributed by atoms with van der Waals surface area (Å²) in [6, 6.07) is 1.76. The molecule has 1 unspecified atom stereocenters. The first-order chi connectivity index (χ1) is 7.33. The third kappa shape index (κ3) is 2.34. The van der Waals surface area contributed by atoms with Crippen molar-refractivity contribution in [3.8, 4) is 0 Å². The molecule has 0 aliphatic carbocycles. The van der Waals surface area contributed by atoms with Crippen molar-refractivity contribution in [1.82, 2.24) is 5.43 Å². The molecule has 1 atom stereocenters. The van der Waals surface area contributed by atoms with E-state index in [9.17, 15) is 0 Å². The Labute approximate surface area is 97.8 Å². The van der Waals surface area contributed by atoms with Crippen LogP contribution < -0.4 is 11.3 Å². The van der Waals surface area contributed by atoms with Gasteiger partial charge in [0.2, 0.25) is 0 Å². The number of allylic oxidation sites excluding steroid dienone is 1. The summed E-state index contributed by atoms with van der Waals surface area (Å²) in [4.78, 5) is 1.01. The third-order valence-electron chi connectivity index (χ3n) is 2.32. The van der Waals surface area contributed by atoms with Crippen LogP contribution in [0.5, 0.6) is 0 Å². The van der Waals surface area contributed by atoms with Gasteiger partial charge in [-0.25, -0.2) is 5.43 Å². The molecule has 2 heterocycles. The first kappa shape index (κ1) is 11.0. The molecule has 0 saturated heterocycles.